The minimum atomic E-state index is 0.659. The van der Waals surface area contributed by atoms with Crippen LogP contribution in [0.5, 0.6) is 0 Å². The molecule has 0 aliphatic carbocycles. The van der Waals surface area contributed by atoms with Crippen molar-refractivity contribution in [1.82, 2.24) is 9.13 Å². The first-order valence-corrected chi connectivity index (χ1v) is 16.2. The lowest BCUT2D eigenvalue weighted by molar-refractivity contribution is 0.669. The summed E-state index contributed by atoms with van der Waals surface area (Å²) in [6.07, 6.45) is 0. The van der Waals surface area contributed by atoms with Crippen LogP contribution in [0.2, 0.25) is 0 Å². The maximum atomic E-state index is 9.58. The quantitative estimate of drug-likeness (QED) is 0.199. The highest BCUT2D eigenvalue weighted by atomic mass is 16.3. The molecular weight excluding hydrogens is 587 g/mol. The number of aromatic nitrogens is 2. The van der Waals surface area contributed by atoms with Crippen molar-refractivity contribution < 1.29 is 4.42 Å². The number of nitrogens with zero attached hydrogens (tertiary/aromatic N) is 3. The Hall–Kier alpha value is -6.57. The summed E-state index contributed by atoms with van der Waals surface area (Å²) < 4.78 is 11.0. The summed E-state index contributed by atoms with van der Waals surface area (Å²) in [6, 6.07) is 53.7. The third-order valence-electron chi connectivity index (χ3n) is 9.78. The highest BCUT2D eigenvalue weighted by Crippen LogP contribution is 2.38. The molecule has 7 aromatic carbocycles. The third kappa shape index (κ3) is 3.82. The summed E-state index contributed by atoms with van der Waals surface area (Å²) in [7, 11) is 0. The van der Waals surface area contributed by atoms with Gasteiger partial charge in [0.25, 0.3) is 0 Å². The molecule has 0 spiro atoms. The fourth-order valence-electron chi connectivity index (χ4n) is 7.59. The Morgan fingerprint density at radius 3 is 1.81 bits per heavy atom. The summed E-state index contributed by atoms with van der Waals surface area (Å²) in [5, 5.41) is 16.5. The van der Waals surface area contributed by atoms with Crippen LogP contribution in [0.25, 0.3) is 88.1 Å². The molecule has 0 bridgehead atoms. The summed E-state index contributed by atoms with van der Waals surface area (Å²) in [4.78, 5) is 0. The number of rotatable bonds is 3. The maximum Gasteiger partial charge on any atom is 0.135 e. The van der Waals surface area contributed by atoms with Crippen LogP contribution in [0.3, 0.4) is 0 Å². The normalized spacial score (nSPS) is 11.8. The molecule has 48 heavy (non-hydrogen) atoms. The van der Waals surface area contributed by atoms with E-state index in [9.17, 15) is 5.26 Å². The van der Waals surface area contributed by atoms with E-state index in [2.05, 4.69) is 156 Å². The molecular formula is C44H27N3O. The largest absolute Gasteiger partial charge is 0.456 e. The van der Waals surface area contributed by atoms with Crippen LogP contribution in [-0.2, 0) is 0 Å². The monoisotopic (exact) mass is 613 g/mol. The summed E-state index contributed by atoms with van der Waals surface area (Å²) >= 11 is 0. The first-order valence-electron chi connectivity index (χ1n) is 16.2. The number of hydrogen-bond donors (Lipinski definition) is 0. The van der Waals surface area contributed by atoms with E-state index in [1.165, 1.54) is 27.4 Å². The van der Waals surface area contributed by atoms with Crippen molar-refractivity contribution in [3.05, 3.63) is 157 Å². The van der Waals surface area contributed by atoms with E-state index in [1.54, 1.807) is 0 Å². The molecule has 0 N–H and O–H groups in total. The van der Waals surface area contributed by atoms with Crippen molar-refractivity contribution in [3.8, 4) is 28.6 Å². The zero-order chi connectivity index (χ0) is 31.9. The number of hydrogen-bond acceptors (Lipinski definition) is 2. The highest BCUT2D eigenvalue weighted by molar-refractivity contribution is 6.12. The van der Waals surface area contributed by atoms with Crippen molar-refractivity contribution in [2.45, 2.75) is 6.92 Å². The molecule has 3 aromatic heterocycles. The first kappa shape index (κ1) is 26.6. The topological polar surface area (TPSA) is 46.8 Å². The van der Waals surface area contributed by atoms with Gasteiger partial charge in [0.1, 0.15) is 11.2 Å². The summed E-state index contributed by atoms with van der Waals surface area (Å²) in [5.74, 6) is 0. The molecule has 0 radical (unpaired) electrons. The van der Waals surface area contributed by atoms with E-state index >= 15 is 0 Å². The van der Waals surface area contributed by atoms with Crippen LogP contribution < -0.4 is 0 Å². The minimum Gasteiger partial charge on any atom is -0.456 e. The third-order valence-corrected chi connectivity index (χ3v) is 9.78. The average molecular weight is 614 g/mol. The zero-order valence-corrected chi connectivity index (χ0v) is 26.1. The molecule has 4 heteroatoms. The van der Waals surface area contributed by atoms with E-state index in [0.717, 1.165) is 66.2 Å². The Labute approximate surface area is 275 Å². The number of para-hydroxylation sites is 2. The standard InChI is InChI=1S/C44H27N3O/c1-27-13-17-41-35(21-27)33-9-2-4-11-39(33)46(41)31-8-6-7-29(23-31)30-15-19-43-37(24-30)38-25-32(16-20-44(38)48-43)47-40-12-5-3-10-34(40)36-22-28(26-45)14-18-42(36)47/h2-25H,1H3. The molecule has 10 aromatic rings. The van der Waals surface area contributed by atoms with Crippen LogP contribution in [0.15, 0.2) is 150 Å². The van der Waals surface area contributed by atoms with Gasteiger partial charge in [-0.15, -0.1) is 0 Å². The second kappa shape index (κ2) is 9.96. The number of nitriles is 1. The fraction of sp³-hybridized carbons (Fsp3) is 0.0227. The minimum absolute atomic E-state index is 0.659. The van der Waals surface area contributed by atoms with Crippen LogP contribution in [0.1, 0.15) is 11.1 Å². The molecule has 4 nitrogen and oxygen atoms in total. The van der Waals surface area contributed by atoms with Gasteiger partial charge in [0.05, 0.1) is 33.7 Å². The molecule has 10 rings (SSSR count). The van der Waals surface area contributed by atoms with Gasteiger partial charge in [-0.25, -0.2) is 0 Å². The molecule has 224 valence electrons. The van der Waals surface area contributed by atoms with Crippen molar-refractivity contribution in [3.63, 3.8) is 0 Å². The van der Waals surface area contributed by atoms with E-state index in [4.69, 9.17) is 4.42 Å². The van der Waals surface area contributed by atoms with Gasteiger partial charge in [-0.2, -0.15) is 5.26 Å². The smallest absolute Gasteiger partial charge is 0.135 e. The summed E-state index contributed by atoms with van der Waals surface area (Å²) in [6.45, 7) is 2.15. The Kier molecular flexibility index (Phi) is 5.53. The van der Waals surface area contributed by atoms with E-state index in [-0.39, 0.29) is 0 Å². The fourth-order valence-corrected chi connectivity index (χ4v) is 7.59. The lowest BCUT2D eigenvalue weighted by atomic mass is 10.0. The second-order valence-corrected chi connectivity index (χ2v) is 12.6. The molecule has 0 saturated carbocycles. The lowest BCUT2D eigenvalue weighted by Gasteiger charge is -2.11. The van der Waals surface area contributed by atoms with Crippen molar-refractivity contribution >= 4 is 65.6 Å². The lowest BCUT2D eigenvalue weighted by Crippen LogP contribution is -1.94. The molecule has 3 heterocycles. The second-order valence-electron chi connectivity index (χ2n) is 12.6. The van der Waals surface area contributed by atoms with Gasteiger partial charge in [-0.1, -0.05) is 66.2 Å². The van der Waals surface area contributed by atoms with Gasteiger partial charge in [0.15, 0.2) is 0 Å². The van der Waals surface area contributed by atoms with Crippen molar-refractivity contribution in [2.75, 3.05) is 0 Å². The van der Waals surface area contributed by atoms with Gasteiger partial charge in [0.2, 0.25) is 0 Å². The van der Waals surface area contributed by atoms with Crippen LogP contribution in [0.4, 0.5) is 0 Å². The van der Waals surface area contributed by atoms with Gasteiger partial charge >= 0.3 is 0 Å². The van der Waals surface area contributed by atoms with E-state index < -0.39 is 0 Å². The van der Waals surface area contributed by atoms with Gasteiger partial charge in [-0.05, 0) is 103 Å². The van der Waals surface area contributed by atoms with E-state index in [0.29, 0.717) is 5.56 Å². The average Bonchev–Trinajstić information content (AvgIpc) is 3.78. The predicted octanol–water partition coefficient (Wildman–Crippen LogP) is 11.6. The molecule has 0 aliphatic heterocycles. The van der Waals surface area contributed by atoms with Crippen LogP contribution in [-0.4, -0.2) is 9.13 Å². The van der Waals surface area contributed by atoms with Crippen LogP contribution >= 0.6 is 0 Å². The first-order chi connectivity index (χ1) is 23.6. The molecule has 0 aliphatic rings. The molecule has 0 fully saturated rings. The Morgan fingerprint density at radius 1 is 0.458 bits per heavy atom. The molecule has 0 saturated heterocycles. The van der Waals surface area contributed by atoms with Gasteiger partial charge < -0.3 is 13.6 Å². The van der Waals surface area contributed by atoms with E-state index in [1.807, 2.05) is 12.1 Å². The van der Waals surface area contributed by atoms with Crippen molar-refractivity contribution in [1.29, 1.82) is 5.26 Å². The molecule has 0 amide bonds. The highest BCUT2D eigenvalue weighted by Gasteiger charge is 2.16. The number of fused-ring (bicyclic) bond motifs is 9. The number of benzene rings is 7. The Balaban J connectivity index is 1.14. The van der Waals surface area contributed by atoms with Crippen LogP contribution in [0, 0.1) is 18.3 Å². The zero-order valence-electron chi connectivity index (χ0n) is 26.1. The number of furan rings is 1. The number of aryl methyl sites for hydroxylation is 1. The van der Waals surface area contributed by atoms with Gasteiger partial charge in [0, 0.05) is 43.7 Å². The Bertz CT molecular complexity index is 2980. The SMILES string of the molecule is Cc1ccc2c(c1)c1ccccc1n2-c1cccc(-c2ccc3oc4ccc(-n5c6ccccc6c6cc(C#N)ccc65)cc4c3c2)c1. The molecule has 0 unspecified atom stereocenters. The van der Waals surface area contributed by atoms with Crippen molar-refractivity contribution in [2.24, 2.45) is 0 Å². The maximum absolute atomic E-state index is 9.58. The van der Waals surface area contributed by atoms with Gasteiger partial charge in [-0.3, -0.25) is 0 Å². The predicted molar refractivity (Wildman–Crippen MR) is 197 cm³/mol. The molecule has 0 atom stereocenters. The summed E-state index contributed by atoms with van der Waals surface area (Å²) in [5.41, 5.74) is 12.7. The Morgan fingerprint density at radius 2 is 1.06 bits per heavy atom.